The van der Waals surface area contributed by atoms with E-state index in [0.29, 0.717) is 49.1 Å². The fourth-order valence-electron chi connectivity index (χ4n) is 9.13. The van der Waals surface area contributed by atoms with Crippen LogP contribution in [0.25, 0.3) is 0 Å². The number of aromatic nitrogens is 1. The first-order valence-corrected chi connectivity index (χ1v) is 21.1. The van der Waals surface area contributed by atoms with E-state index in [9.17, 15) is 25.5 Å². The number of ether oxygens (including phenoxy) is 1. The molecule has 11 nitrogen and oxygen atoms in total. The molecule has 7 unspecified atom stereocenters. The molecule has 10 N–H and O–H groups in total. The van der Waals surface area contributed by atoms with Crippen molar-refractivity contribution >= 4 is 0 Å². The van der Waals surface area contributed by atoms with Crippen LogP contribution in [0.1, 0.15) is 142 Å². The van der Waals surface area contributed by atoms with Crippen molar-refractivity contribution in [2.75, 3.05) is 26.4 Å². The van der Waals surface area contributed by atoms with Crippen molar-refractivity contribution in [3.63, 3.8) is 0 Å². The van der Waals surface area contributed by atoms with Crippen LogP contribution >= 0.6 is 0 Å². The zero-order valence-corrected chi connectivity index (χ0v) is 33.1. The third kappa shape index (κ3) is 12.5. The molecule has 1 fully saturated rings. The number of hydrogen-bond acceptors (Lipinski definition) is 10. The highest BCUT2D eigenvalue weighted by Gasteiger charge is 2.42. The molecule has 0 aliphatic heterocycles. The summed E-state index contributed by atoms with van der Waals surface area (Å²) < 4.78 is 12.2. The van der Waals surface area contributed by atoms with Crippen molar-refractivity contribution < 1.29 is 39.8 Å². The van der Waals surface area contributed by atoms with Gasteiger partial charge >= 0.3 is 0 Å². The summed E-state index contributed by atoms with van der Waals surface area (Å²) in [5, 5.41) is 64.4. The maximum atomic E-state index is 11.4. The lowest BCUT2D eigenvalue weighted by Gasteiger charge is -2.35. The molecule has 1 aromatic carbocycles. The first-order chi connectivity index (χ1) is 26.7. The first kappa shape index (κ1) is 43.2. The zero-order valence-electron chi connectivity index (χ0n) is 33.1. The van der Waals surface area contributed by atoms with Gasteiger partial charge < -0.3 is 55.8 Å². The van der Waals surface area contributed by atoms with Crippen molar-refractivity contribution in [3.05, 3.63) is 69.9 Å². The van der Waals surface area contributed by atoms with Gasteiger partial charge in [0.15, 0.2) is 11.5 Å². The highest BCUT2D eigenvalue weighted by atomic mass is 16.5. The Hall–Kier alpha value is -2.90. The van der Waals surface area contributed by atoms with Crippen molar-refractivity contribution in [1.82, 2.24) is 10.3 Å². The van der Waals surface area contributed by atoms with Crippen LogP contribution in [0.15, 0.2) is 34.7 Å². The van der Waals surface area contributed by atoms with E-state index in [1.807, 2.05) is 18.2 Å². The van der Waals surface area contributed by atoms with Gasteiger partial charge in [0.1, 0.15) is 24.2 Å². The summed E-state index contributed by atoms with van der Waals surface area (Å²) in [6.45, 7) is 2.52. The van der Waals surface area contributed by atoms with Crippen LogP contribution in [0, 0.1) is 11.8 Å². The lowest BCUT2D eigenvalue weighted by molar-refractivity contribution is 0.103. The molecule has 1 saturated carbocycles. The summed E-state index contributed by atoms with van der Waals surface area (Å²) >= 11 is 0. The molecule has 5 rings (SSSR count). The number of benzene rings is 1. The second-order valence-corrected chi connectivity index (χ2v) is 16.3. The molecule has 308 valence electrons. The van der Waals surface area contributed by atoms with Crippen molar-refractivity contribution in [2.24, 2.45) is 17.6 Å². The van der Waals surface area contributed by atoms with E-state index in [1.54, 1.807) is 13.0 Å². The Bertz CT molecular complexity index is 1560. The number of nitrogens with one attached hydrogen (secondary N) is 2. The molecule has 2 aliphatic carbocycles. The molecule has 11 heteroatoms. The summed E-state index contributed by atoms with van der Waals surface area (Å²) in [5.74, 6) is 3.36. The van der Waals surface area contributed by atoms with Crippen LogP contribution in [0.2, 0.25) is 0 Å². The van der Waals surface area contributed by atoms with E-state index in [-0.39, 0.29) is 50.2 Å². The van der Waals surface area contributed by atoms with Gasteiger partial charge in [0.05, 0.1) is 12.7 Å². The molecule has 0 radical (unpaired) electrons. The average molecular weight is 768 g/mol. The second-order valence-electron chi connectivity index (χ2n) is 16.3. The maximum Gasteiger partial charge on any atom is 0.161 e. The summed E-state index contributed by atoms with van der Waals surface area (Å²) in [6.07, 6.45) is 14.6. The monoisotopic (exact) mass is 768 g/mol. The van der Waals surface area contributed by atoms with Gasteiger partial charge in [0.2, 0.25) is 0 Å². The summed E-state index contributed by atoms with van der Waals surface area (Å²) in [4.78, 5) is 3.55. The van der Waals surface area contributed by atoms with Gasteiger partial charge in [-0.15, -0.1) is 0 Å². The van der Waals surface area contributed by atoms with Crippen LogP contribution < -0.4 is 15.8 Å². The number of aliphatic hydroxyl groups excluding tert-OH is 5. The molecular formula is C44H69N3O8. The SMILES string of the molecule is CC(O)CNC(CCCO)C1c2cc(C(O)COc3cc(CCc4cc(CO)c(CCCCCCC(N)CCCO)o4)ccc3O)[nH]c2CCC2CCCC21. The van der Waals surface area contributed by atoms with Crippen molar-refractivity contribution in [3.8, 4) is 11.5 Å². The van der Waals surface area contributed by atoms with Gasteiger partial charge in [-0.2, -0.15) is 0 Å². The Morgan fingerprint density at radius 2 is 1.69 bits per heavy atom. The largest absolute Gasteiger partial charge is 0.504 e. The quantitative estimate of drug-likeness (QED) is 0.0472. The van der Waals surface area contributed by atoms with E-state index in [4.69, 9.17) is 20.0 Å². The van der Waals surface area contributed by atoms with E-state index in [0.717, 1.165) is 105 Å². The summed E-state index contributed by atoms with van der Waals surface area (Å²) in [6, 6.07) is 9.61. The number of aromatic hydroxyl groups is 1. The van der Waals surface area contributed by atoms with Crippen LogP contribution in [-0.2, 0) is 32.3 Å². The zero-order chi connectivity index (χ0) is 39.2. The third-order valence-corrected chi connectivity index (χ3v) is 12.1. The van der Waals surface area contributed by atoms with Gasteiger partial charge in [0.25, 0.3) is 0 Å². The lowest BCUT2D eigenvalue weighted by atomic mass is 9.75. The topological polar surface area (TPSA) is 198 Å². The molecule has 2 aliphatic rings. The molecule has 0 bridgehead atoms. The Morgan fingerprint density at radius 1 is 0.909 bits per heavy atom. The van der Waals surface area contributed by atoms with Crippen LogP contribution in [0.3, 0.4) is 0 Å². The number of hydrogen-bond donors (Lipinski definition) is 9. The Morgan fingerprint density at radius 3 is 2.47 bits per heavy atom. The van der Waals surface area contributed by atoms with Crippen molar-refractivity contribution in [1.29, 1.82) is 0 Å². The van der Waals surface area contributed by atoms with Gasteiger partial charge in [-0.3, -0.25) is 0 Å². The molecule has 2 aromatic heterocycles. The highest BCUT2D eigenvalue weighted by molar-refractivity contribution is 5.42. The number of furan rings is 1. The van der Waals surface area contributed by atoms with E-state index >= 15 is 0 Å². The smallest absolute Gasteiger partial charge is 0.161 e. The molecule has 3 aromatic rings. The maximum absolute atomic E-state index is 11.4. The summed E-state index contributed by atoms with van der Waals surface area (Å²) in [7, 11) is 0. The molecule has 0 amide bonds. The lowest BCUT2D eigenvalue weighted by Crippen LogP contribution is -2.42. The molecule has 55 heavy (non-hydrogen) atoms. The predicted octanol–water partition coefficient (Wildman–Crippen LogP) is 5.85. The van der Waals surface area contributed by atoms with Crippen LogP contribution in [0.4, 0.5) is 0 Å². The second kappa shape index (κ2) is 22.1. The fraction of sp³-hybridized carbons (Fsp3) is 0.682. The Balaban J connectivity index is 1.16. The molecule has 0 saturated heterocycles. The van der Waals surface area contributed by atoms with E-state index < -0.39 is 12.2 Å². The number of unbranched alkanes of at least 4 members (excludes halogenated alkanes) is 3. The molecule has 0 spiro atoms. The van der Waals surface area contributed by atoms with E-state index in [1.165, 1.54) is 18.4 Å². The number of rotatable bonds is 25. The normalized spacial score (nSPS) is 20.5. The number of aromatic amines is 1. The number of phenols is 1. The standard InChI is InChI=1S/C44H69N3O8/c1-29(51)26-46-38(13-8-22-49)44-35-12-6-9-31(35)17-19-37-36(44)25-39(47-37)41(53)28-54-43-23-30(16-20-40(43)52)15-18-34-24-32(27-50)42(55-34)14-5-3-2-4-10-33(45)11-7-21-48/h16,20,23-25,29,31,33,35,38,41,44,46-53H,2-15,17-19,21-22,26-28,45H2,1H3. The average Bonchev–Trinajstić information content (AvgIpc) is 3.91. The van der Waals surface area contributed by atoms with Crippen LogP contribution in [-0.4, -0.2) is 80.2 Å². The minimum absolute atomic E-state index is 0.0106. The van der Waals surface area contributed by atoms with E-state index in [2.05, 4.69) is 16.4 Å². The number of nitrogens with two attached hydrogens (primary N) is 1. The molecular weight excluding hydrogens is 698 g/mol. The number of fused-ring (bicyclic) bond motifs is 2. The van der Waals surface area contributed by atoms with Gasteiger partial charge in [-0.1, -0.05) is 38.2 Å². The summed E-state index contributed by atoms with van der Waals surface area (Å²) in [5.41, 5.74) is 11.0. The molecule has 7 atom stereocenters. The van der Waals surface area contributed by atoms with Crippen molar-refractivity contribution in [2.45, 2.75) is 153 Å². The van der Waals surface area contributed by atoms with Gasteiger partial charge in [-0.25, -0.2) is 0 Å². The Kier molecular flexibility index (Phi) is 17.4. The predicted molar refractivity (Wildman–Crippen MR) is 214 cm³/mol. The number of H-pyrrole nitrogens is 1. The molecule has 2 heterocycles. The minimum Gasteiger partial charge on any atom is -0.504 e. The third-order valence-electron chi connectivity index (χ3n) is 12.1. The number of aryl methyl sites for hydroxylation is 4. The number of aliphatic hydroxyl groups is 5. The first-order valence-electron chi connectivity index (χ1n) is 21.1. The van der Waals surface area contributed by atoms with Crippen LogP contribution in [0.5, 0.6) is 11.5 Å². The van der Waals surface area contributed by atoms with Gasteiger partial charge in [0, 0.05) is 67.6 Å². The minimum atomic E-state index is -0.927. The Labute approximate surface area is 327 Å². The fourth-order valence-corrected chi connectivity index (χ4v) is 9.13. The highest BCUT2D eigenvalue weighted by Crippen LogP contribution is 2.49. The van der Waals surface area contributed by atoms with Gasteiger partial charge in [-0.05, 0) is 118 Å². The number of phenolic OH excluding ortho intramolecular Hbond substituents is 1.